The first-order chi connectivity index (χ1) is 9.20. The van der Waals surface area contributed by atoms with Gasteiger partial charge in [-0.25, -0.2) is 9.78 Å². The van der Waals surface area contributed by atoms with Gasteiger partial charge in [0.1, 0.15) is 0 Å². The van der Waals surface area contributed by atoms with Gasteiger partial charge >= 0.3 is 11.9 Å². The van der Waals surface area contributed by atoms with Crippen molar-refractivity contribution < 1.29 is 13.2 Å². The zero-order chi connectivity index (χ0) is 15.2. The number of aryl methyl sites for hydroxylation is 2. The van der Waals surface area contributed by atoms with E-state index in [0.717, 1.165) is 13.7 Å². The fourth-order valence-corrected chi connectivity index (χ4v) is 2.10. The van der Waals surface area contributed by atoms with Crippen molar-refractivity contribution in [3.05, 3.63) is 26.7 Å². The van der Waals surface area contributed by atoms with Crippen molar-refractivity contribution >= 4 is 11.2 Å². The lowest BCUT2D eigenvalue weighted by Gasteiger charge is -2.09. The maximum atomic E-state index is 13.0. The van der Waals surface area contributed by atoms with E-state index in [1.807, 2.05) is 0 Å². The molecule has 0 amide bonds. The van der Waals surface area contributed by atoms with E-state index >= 15 is 0 Å². The molecule has 2 aromatic heterocycles. The maximum Gasteiger partial charge on any atom is 0.449 e. The van der Waals surface area contributed by atoms with Gasteiger partial charge in [0, 0.05) is 20.6 Å². The second kappa shape index (κ2) is 4.50. The summed E-state index contributed by atoms with van der Waals surface area (Å²) in [6.07, 6.45) is -4.28. The van der Waals surface area contributed by atoms with E-state index < -0.39 is 23.2 Å². The van der Waals surface area contributed by atoms with Gasteiger partial charge in [0.05, 0.1) is 0 Å². The Balaban J connectivity index is 3.04. The van der Waals surface area contributed by atoms with Crippen LogP contribution in [0.3, 0.4) is 0 Å². The number of alkyl halides is 3. The smallest absolute Gasteiger partial charge is 0.315 e. The summed E-state index contributed by atoms with van der Waals surface area (Å²) in [5.74, 6) is -1.16. The van der Waals surface area contributed by atoms with E-state index in [-0.39, 0.29) is 17.7 Å². The first-order valence-electron chi connectivity index (χ1n) is 5.93. The normalized spacial score (nSPS) is 12.3. The largest absolute Gasteiger partial charge is 0.449 e. The SMILES string of the molecule is CCCn1c(C(F)(F)F)nc2c1c(=O)n(C)c(=O)n2C. The van der Waals surface area contributed by atoms with Gasteiger partial charge in [-0.2, -0.15) is 13.2 Å². The average Bonchev–Trinajstić information content (AvgIpc) is 2.74. The van der Waals surface area contributed by atoms with Gasteiger partial charge in [0.15, 0.2) is 11.2 Å². The van der Waals surface area contributed by atoms with Crippen LogP contribution in [-0.4, -0.2) is 18.7 Å². The van der Waals surface area contributed by atoms with Crippen LogP contribution in [0.15, 0.2) is 9.59 Å². The number of rotatable bonds is 2. The summed E-state index contributed by atoms with van der Waals surface area (Å²) in [7, 11) is 2.51. The molecule has 0 spiro atoms. The van der Waals surface area contributed by atoms with Crippen LogP contribution < -0.4 is 11.2 Å². The molecule has 2 rings (SSSR count). The Bertz CT molecular complexity index is 782. The lowest BCUT2D eigenvalue weighted by atomic mass is 10.4. The zero-order valence-corrected chi connectivity index (χ0v) is 11.2. The fraction of sp³-hybridized carbons (Fsp3) is 0.545. The van der Waals surface area contributed by atoms with Crippen LogP contribution in [0.25, 0.3) is 11.2 Å². The Hall–Kier alpha value is -2.06. The quantitative estimate of drug-likeness (QED) is 0.824. The van der Waals surface area contributed by atoms with Crippen LogP contribution in [-0.2, 0) is 26.8 Å². The van der Waals surface area contributed by atoms with Gasteiger partial charge in [-0.3, -0.25) is 13.9 Å². The fourth-order valence-electron chi connectivity index (χ4n) is 2.10. The Labute approximate surface area is 111 Å². The number of aromatic nitrogens is 4. The lowest BCUT2D eigenvalue weighted by Crippen LogP contribution is -2.37. The van der Waals surface area contributed by atoms with Gasteiger partial charge in [-0.05, 0) is 6.42 Å². The summed E-state index contributed by atoms with van der Waals surface area (Å²) in [6.45, 7) is 1.69. The summed E-state index contributed by atoms with van der Waals surface area (Å²) < 4.78 is 41.5. The number of imidazole rings is 1. The van der Waals surface area contributed by atoms with Crippen LogP contribution in [0, 0.1) is 0 Å². The van der Waals surface area contributed by atoms with E-state index in [2.05, 4.69) is 4.98 Å². The molecule has 0 atom stereocenters. The Morgan fingerprint density at radius 3 is 2.25 bits per heavy atom. The minimum atomic E-state index is -4.69. The monoisotopic (exact) mass is 290 g/mol. The molecule has 0 aliphatic carbocycles. The molecular formula is C11H13F3N4O2. The molecule has 0 bridgehead atoms. The topological polar surface area (TPSA) is 61.8 Å². The van der Waals surface area contributed by atoms with Crippen LogP contribution in [0.5, 0.6) is 0 Å². The molecule has 0 fully saturated rings. The van der Waals surface area contributed by atoms with Gasteiger partial charge < -0.3 is 4.57 Å². The summed E-state index contributed by atoms with van der Waals surface area (Å²) in [5, 5.41) is 0. The van der Waals surface area contributed by atoms with E-state index in [1.165, 1.54) is 14.1 Å². The summed E-state index contributed by atoms with van der Waals surface area (Å²) >= 11 is 0. The predicted molar refractivity (Wildman–Crippen MR) is 65.5 cm³/mol. The third-order valence-electron chi connectivity index (χ3n) is 3.05. The van der Waals surface area contributed by atoms with Gasteiger partial charge in [0.2, 0.25) is 5.82 Å². The minimum Gasteiger partial charge on any atom is -0.315 e. The molecular weight excluding hydrogens is 277 g/mol. The molecule has 6 nitrogen and oxygen atoms in total. The maximum absolute atomic E-state index is 13.0. The summed E-state index contributed by atoms with van der Waals surface area (Å²) in [4.78, 5) is 27.2. The molecule has 0 radical (unpaired) electrons. The highest BCUT2D eigenvalue weighted by Crippen LogP contribution is 2.30. The minimum absolute atomic E-state index is 0.00120. The molecule has 0 saturated carbocycles. The Morgan fingerprint density at radius 1 is 1.15 bits per heavy atom. The average molecular weight is 290 g/mol. The van der Waals surface area contributed by atoms with Crippen molar-refractivity contribution in [3.63, 3.8) is 0 Å². The summed E-state index contributed by atoms with van der Waals surface area (Å²) in [6, 6.07) is 0. The molecule has 20 heavy (non-hydrogen) atoms. The van der Waals surface area contributed by atoms with Crippen LogP contribution in [0.4, 0.5) is 13.2 Å². The predicted octanol–water partition coefficient (Wildman–Crippen LogP) is 0.863. The van der Waals surface area contributed by atoms with Crippen molar-refractivity contribution in [2.75, 3.05) is 0 Å². The zero-order valence-electron chi connectivity index (χ0n) is 11.2. The van der Waals surface area contributed by atoms with E-state index in [4.69, 9.17) is 0 Å². The number of hydrogen-bond acceptors (Lipinski definition) is 3. The molecule has 2 aromatic rings. The second-order valence-electron chi connectivity index (χ2n) is 4.46. The first kappa shape index (κ1) is 14.4. The lowest BCUT2D eigenvalue weighted by molar-refractivity contribution is -0.146. The van der Waals surface area contributed by atoms with E-state index in [0.29, 0.717) is 6.42 Å². The van der Waals surface area contributed by atoms with Crippen molar-refractivity contribution in [3.8, 4) is 0 Å². The molecule has 0 aromatic carbocycles. The number of halogens is 3. The molecule has 9 heteroatoms. The second-order valence-corrected chi connectivity index (χ2v) is 4.46. The number of fused-ring (bicyclic) bond motifs is 1. The summed E-state index contributed by atoms with van der Waals surface area (Å²) in [5.41, 5.74) is -1.94. The van der Waals surface area contributed by atoms with Crippen molar-refractivity contribution in [2.45, 2.75) is 26.1 Å². The first-order valence-corrected chi connectivity index (χ1v) is 5.93. The van der Waals surface area contributed by atoms with Crippen molar-refractivity contribution in [1.82, 2.24) is 18.7 Å². The highest BCUT2D eigenvalue weighted by molar-refractivity contribution is 5.71. The Morgan fingerprint density at radius 2 is 1.75 bits per heavy atom. The third kappa shape index (κ3) is 1.93. The number of hydrogen-bond donors (Lipinski definition) is 0. The molecule has 0 unspecified atom stereocenters. The van der Waals surface area contributed by atoms with Crippen molar-refractivity contribution in [2.24, 2.45) is 14.1 Å². The van der Waals surface area contributed by atoms with Crippen LogP contribution >= 0.6 is 0 Å². The third-order valence-corrected chi connectivity index (χ3v) is 3.05. The van der Waals surface area contributed by atoms with Crippen LogP contribution in [0.2, 0.25) is 0 Å². The molecule has 0 aliphatic rings. The highest BCUT2D eigenvalue weighted by atomic mass is 19.4. The van der Waals surface area contributed by atoms with Gasteiger partial charge in [-0.15, -0.1) is 0 Å². The van der Waals surface area contributed by atoms with E-state index in [1.54, 1.807) is 6.92 Å². The number of nitrogens with zero attached hydrogens (tertiary/aromatic N) is 4. The molecule has 0 N–H and O–H groups in total. The molecule has 0 aliphatic heterocycles. The van der Waals surface area contributed by atoms with Gasteiger partial charge in [-0.1, -0.05) is 6.92 Å². The van der Waals surface area contributed by atoms with E-state index in [9.17, 15) is 22.8 Å². The van der Waals surface area contributed by atoms with Gasteiger partial charge in [0.25, 0.3) is 5.56 Å². The van der Waals surface area contributed by atoms with Crippen LogP contribution in [0.1, 0.15) is 19.2 Å². The standard InChI is InChI=1S/C11H13F3N4O2/c1-4-5-18-6-7(15-9(18)11(12,13)14)16(2)10(20)17(3)8(6)19/h4-5H2,1-3H3. The highest BCUT2D eigenvalue weighted by Gasteiger charge is 2.38. The Kier molecular flexibility index (Phi) is 3.23. The molecule has 110 valence electrons. The molecule has 2 heterocycles. The molecule has 0 saturated heterocycles. The van der Waals surface area contributed by atoms with Crippen molar-refractivity contribution in [1.29, 1.82) is 0 Å².